The minimum atomic E-state index is -0.504. The average molecular weight is 436 g/mol. The van der Waals surface area contributed by atoms with E-state index in [2.05, 4.69) is 5.32 Å². The SMILES string of the molecule is CCOC(=O)c1c(NC(C)=O)sc2c1CCC(CCCOC(C)=O)(CC1CC1)C2=O. The van der Waals surface area contributed by atoms with E-state index in [-0.39, 0.29) is 24.3 Å². The summed E-state index contributed by atoms with van der Waals surface area (Å²) in [5.74, 6) is -0.511. The van der Waals surface area contributed by atoms with E-state index in [4.69, 9.17) is 9.47 Å². The van der Waals surface area contributed by atoms with Gasteiger partial charge in [-0.15, -0.1) is 11.3 Å². The highest BCUT2D eigenvalue weighted by Gasteiger charge is 2.47. The number of hydrogen-bond donors (Lipinski definition) is 1. The van der Waals surface area contributed by atoms with Gasteiger partial charge in [0.05, 0.1) is 23.7 Å². The van der Waals surface area contributed by atoms with Crippen LogP contribution in [-0.2, 0) is 25.5 Å². The number of carbonyl (C=O) groups is 4. The Morgan fingerprint density at radius 3 is 2.53 bits per heavy atom. The van der Waals surface area contributed by atoms with Crippen molar-refractivity contribution in [3.8, 4) is 0 Å². The third-order valence-corrected chi connectivity index (χ3v) is 6.95. The Hall–Kier alpha value is -2.22. The summed E-state index contributed by atoms with van der Waals surface area (Å²) in [6, 6.07) is 0. The van der Waals surface area contributed by atoms with Crippen LogP contribution >= 0.6 is 11.3 Å². The van der Waals surface area contributed by atoms with Gasteiger partial charge in [0.2, 0.25) is 5.91 Å². The molecule has 7 nitrogen and oxygen atoms in total. The minimum Gasteiger partial charge on any atom is -0.466 e. The van der Waals surface area contributed by atoms with Crippen LogP contribution in [0.4, 0.5) is 5.00 Å². The minimum absolute atomic E-state index is 0.0469. The molecule has 2 aliphatic carbocycles. The molecule has 1 fully saturated rings. The molecule has 1 N–H and O–H groups in total. The van der Waals surface area contributed by atoms with Crippen molar-refractivity contribution < 1.29 is 28.7 Å². The first-order valence-corrected chi connectivity index (χ1v) is 11.4. The van der Waals surface area contributed by atoms with E-state index in [0.29, 0.717) is 59.2 Å². The molecule has 1 unspecified atom stereocenters. The van der Waals surface area contributed by atoms with E-state index in [0.717, 1.165) is 19.3 Å². The van der Waals surface area contributed by atoms with Gasteiger partial charge in [-0.25, -0.2) is 4.79 Å². The van der Waals surface area contributed by atoms with Crippen LogP contribution in [0.2, 0.25) is 0 Å². The second-order valence-electron chi connectivity index (χ2n) is 8.22. The number of carbonyl (C=O) groups excluding carboxylic acids is 4. The molecule has 0 saturated heterocycles. The van der Waals surface area contributed by atoms with Crippen molar-refractivity contribution >= 4 is 40.0 Å². The van der Waals surface area contributed by atoms with Crippen molar-refractivity contribution in [1.82, 2.24) is 0 Å². The van der Waals surface area contributed by atoms with Crippen LogP contribution in [0.3, 0.4) is 0 Å². The fraction of sp³-hybridized carbons (Fsp3) is 0.636. The van der Waals surface area contributed by atoms with Crippen LogP contribution < -0.4 is 5.32 Å². The lowest BCUT2D eigenvalue weighted by molar-refractivity contribution is -0.141. The lowest BCUT2D eigenvalue weighted by Gasteiger charge is -2.36. The smallest absolute Gasteiger partial charge is 0.341 e. The molecule has 0 spiro atoms. The number of hydrogen-bond acceptors (Lipinski definition) is 7. The Morgan fingerprint density at radius 1 is 1.20 bits per heavy atom. The van der Waals surface area contributed by atoms with Gasteiger partial charge < -0.3 is 14.8 Å². The Bertz CT molecular complexity index is 856. The van der Waals surface area contributed by atoms with E-state index in [1.165, 1.54) is 25.2 Å². The van der Waals surface area contributed by atoms with Crippen LogP contribution in [0.1, 0.15) is 84.9 Å². The van der Waals surface area contributed by atoms with Gasteiger partial charge in [-0.3, -0.25) is 14.4 Å². The van der Waals surface area contributed by atoms with Crippen molar-refractivity contribution in [1.29, 1.82) is 0 Å². The number of ether oxygens (including phenoxy) is 2. The Balaban J connectivity index is 1.91. The first-order chi connectivity index (χ1) is 14.3. The zero-order valence-electron chi connectivity index (χ0n) is 17.8. The van der Waals surface area contributed by atoms with Crippen LogP contribution in [0.5, 0.6) is 0 Å². The van der Waals surface area contributed by atoms with Gasteiger partial charge >= 0.3 is 11.9 Å². The number of ketones is 1. The van der Waals surface area contributed by atoms with E-state index in [1.807, 2.05) is 0 Å². The molecule has 0 aromatic carbocycles. The quantitative estimate of drug-likeness (QED) is 0.462. The highest BCUT2D eigenvalue weighted by molar-refractivity contribution is 7.19. The summed E-state index contributed by atoms with van der Waals surface area (Å²) >= 11 is 1.18. The van der Waals surface area contributed by atoms with Gasteiger partial charge in [-0.1, -0.05) is 12.8 Å². The first kappa shape index (κ1) is 22.5. The number of amides is 1. The van der Waals surface area contributed by atoms with Crippen LogP contribution in [0.25, 0.3) is 0 Å². The van der Waals surface area contributed by atoms with Crippen molar-refractivity contribution in [2.24, 2.45) is 11.3 Å². The highest BCUT2D eigenvalue weighted by Crippen LogP contribution is 2.52. The topological polar surface area (TPSA) is 98.8 Å². The lowest BCUT2D eigenvalue weighted by atomic mass is 9.67. The molecule has 1 saturated carbocycles. The van der Waals surface area contributed by atoms with Gasteiger partial charge in [-0.05, 0) is 50.5 Å². The first-order valence-electron chi connectivity index (χ1n) is 10.6. The predicted molar refractivity (Wildman–Crippen MR) is 113 cm³/mol. The Morgan fingerprint density at radius 2 is 1.93 bits per heavy atom. The second kappa shape index (κ2) is 9.29. The molecule has 1 aromatic rings. The standard InChI is InChI=1S/C22H29NO6S/c1-4-28-21(27)17-16-8-10-22(12-15-6-7-15,9-5-11-29-14(3)25)19(26)18(16)30-20(17)23-13(2)24/h15H,4-12H2,1-3H3,(H,23,24). The van der Waals surface area contributed by atoms with Crippen molar-refractivity contribution in [2.75, 3.05) is 18.5 Å². The normalized spacial score (nSPS) is 20.4. The number of fused-ring (bicyclic) bond motifs is 1. The van der Waals surface area contributed by atoms with Crippen molar-refractivity contribution in [2.45, 2.75) is 65.7 Å². The number of thiophene rings is 1. The number of Topliss-reactive ketones (excluding diaryl/α,β-unsaturated/α-hetero) is 1. The Kier molecular flexibility index (Phi) is 6.95. The van der Waals surface area contributed by atoms with E-state index < -0.39 is 11.4 Å². The number of nitrogens with one attached hydrogen (secondary N) is 1. The Labute approximate surface area is 180 Å². The molecule has 8 heteroatoms. The monoisotopic (exact) mass is 435 g/mol. The van der Waals surface area contributed by atoms with E-state index in [1.54, 1.807) is 6.92 Å². The van der Waals surface area contributed by atoms with Gasteiger partial charge in [-0.2, -0.15) is 0 Å². The largest absolute Gasteiger partial charge is 0.466 e. The average Bonchev–Trinajstić information content (AvgIpc) is 3.40. The van der Waals surface area contributed by atoms with Gasteiger partial charge in [0.25, 0.3) is 0 Å². The maximum atomic E-state index is 13.7. The number of esters is 2. The fourth-order valence-corrected chi connectivity index (χ4v) is 5.65. The molecule has 3 rings (SSSR count). The summed E-state index contributed by atoms with van der Waals surface area (Å²) in [4.78, 5) is 49.6. The van der Waals surface area contributed by atoms with Crippen LogP contribution in [-0.4, -0.2) is 36.8 Å². The van der Waals surface area contributed by atoms with Crippen molar-refractivity contribution in [3.05, 3.63) is 16.0 Å². The highest BCUT2D eigenvalue weighted by atomic mass is 32.1. The molecule has 0 aliphatic heterocycles. The molecule has 164 valence electrons. The molecular weight excluding hydrogens is 406 g/mol. The summed E-state index contributed by atoms with van der Waals surface area (Å²) in [6.45, 7) is 5.01. The summed E-state index contributed by atoms with van der Waals surface area (Å²) in [6.07, 6.45) is 5.62. The molecular formula is C22H29NO6S. The number of rotatable bonds is 9. The molecule has 1 aromatic heterocycles. The third-order valence-electron chi connectivity index (χ3n) is 5.80. The molecule has 0 bridgehead atoms. The molecule has 1 atom stereocenters. The number of anilines is 1. The predicted octanol–water partition coefficient (Wildman–Crippen LogP) is 4.14. The third kappa shape index (κ3) is 4.91. The maximum Gasteiger partial charge on any atom is 0.341 e. The molecule has 0 radical (unpaired) electrons. The van der Waals surface area contributed by atoms with Gasteiger partial charge in [0.1, 0.15) is 5.00 Å². The zero-order valence-corrected chi connectivity index (χ0v) is 18.6. The van der Waals surface area contributed by atoms with Crippen LogP contribution in [0, 0.1) is 11.3 Å². The second-order valence-corrected chi connectivity index (χ2v) is 9.24. The fourth-order valence-electron chi connectivity index (χ4n) is 4.31. The van der Waals surface area contributed by atoms with Gasteiger partial charge in [0, 0.05) is 19.3 Å². The van der Waals surface area contributed by atoms with Crippen LogP contribution in [0.15, 0.2) is 0 Å². The zero-order chi connectivity index (χ0) is 21.9. The van der Waals surface area contributed by atoms with E-state index >= 15 is 0 Å². The maximum absolute atomic E-state index is 13.7. The van der Waals surface area contributed by atoms with Crippen molar-refractivity contribution in [3.63, 3.8) is 0 Å². The molecule has 2 aliphatic rings. The molecule has 30 heavy (non-hydrogen) atoms. The summed E-state index contributed by atoms with van der Waals surface area (Å²) in [5, 5.41) is 3.09. The van der Waals surface area contributed by atoms with E-state index in [9.17, 15) is 19.2 Å². The summed E-state index contributed by atoms with van der Waals surface area (Å²) < 4.78 is 10.3. The van der Waals surface area contributed by atoms with Gasteiger partial charge in [0.15, 0.2) is 5.78 Å². The lowest BCUT2D eigenvalue weighted by Crippen LogP contribution is -2.36. The summed E-state index contributed by atoms with van der Waals surface area (Å²) in [5.41, 5.74) is 0.512. The molecule has 1 amide bonds. The molecule has 1 heterocycles. The summed E-state index contributed by atoms with van der Waals surface area (Å²) in [7, 11) is 0.